The first-order valence-corrected chi connectivity index (χ1v) is 9.95. The highest BCUT2D eigenvalue weighted by molar-refractivity contribution is 7.98. The van der Waals surface area contributed by atoms with Crippen LogP contribution in [-0.4, -0.2) is 27.6 Å². The maximum Gasteiger partial charge on any atom is 0.183 e. The highest BCUT2D eigenvalue weighted by atomic mass is 32.2. The Labute approximate surface area is 137 Å². The molecule has 0 spiro atoms. The topological polar surface area (TPSA) is 52.5 Å². The number of hydrogen-bond donors (Lipinski definition) is 3. The fourth-order valence-corrected chi connectivity index (χ4v) is 3.65. The molecule has 0 saturated carbocycles. The highest BCUT2D eigenvalue weighted by Gasteiger charge is 2.23. The van der Waals surface area contributed by atoms with Crippen molar-refractivity contribution >= 4 is 20.1 Å². The molecule has 2 aromatic rings. The average Bonchev–Trinajstić information content (AvgIpc) is 2.56. The van der Waals surface area contributed by atoms with Crippen LogP contribution in [0.3, 0.4) is 0 Å². The minimum atomic E-state index is -2.01. The van der Waals surface area contributed by atoms with Gasteiger partial charge >= 0.3 is 0 Å². The number of hydrogen-bond acceptors (Lipinski definition) is 4. The van der Waals surface area contributed by atoms with Crippen molar-refractivity contribution in [1.29, 1.82) is 0 Å². The van der Waals surface area contributed by atoms with Gasteiger partial charge in [0.05, 0.1) is 11.8 Å². The van der Waals surface area contributed by atoms with Crippen LogP contribution in [0.2, 0.25) is 0 Å². The van der Waals surface area contributed by atoms with E-state index in [1.807, 2.05) is 42.7 Å². The van der Waals surface area contributed by atoms with E-state index in [0.29, 0.717) is 0 Å². The van der Waals surface area contributed by atoms with E-state index >= 15 is 0 Å². The minimum absolute atomic E-state index is 0.0430. The van der Waals surface area contributed by atoms with Crippen molar-refractivity contribution in [3.8, 4) is 0 Å². The van der Waals surface area contributed by atoms with Crippen LogP contribution in [0.5, 0.6) is 0 Å². The molecule has 0 bridgehead atoms. The van der Waals surface area contributed by atoms with Crippen molar-refractivity contribution in [2.24, 2.45) is 0 Å². The molecule has 0 aliphatic heterocycles. The maximum atomic E-state index is 9.73. The molecule has 22 heavy (non-hydrogen) atoms. The second-order valence-corrected chi connectivity index (χ2v) is 7.29. The van der Waals surface area contributed by atoms with E-state index in [9.17, 15) is 9.79 Å². The van der Waals surface area contributed by atoms with E-state index in [0.717, 1.165) is 23.3 Å². The summed E-state index contributed by atoms with van der Waals surface area (Å²) in [5, 5.41) is 3.44. The van der Waals surface area contributed by atoms with Gasteiger partial charge in [-0.1, -0.05) is 60.7 Å². The van der Waals surface area contributed by atoms with Gasteiger partial charge in [0.1, 0.15) is 0 Å². The van der Waals surface area contributed by atoms with E-state index in [-0.39, 0.29) is 11.8 Å². The predicted molar refractivity (Wildman–Crippen MR) is 96.0 cm³/mol. The third-order valence-corrected chi connectivity index (χ3v) is 5.11. The van der Waals surface area contributed by atoms with E-state index in [4.69, 9.17) is 0 Å². The molecule has 2 rings (SSSR count). The van der Waals surface area contributed by atoms with Crippen LogP contribution in [0, 0.1) is 0 Å². The van der Waals surface area contributed by atoms with Crippen molar-refractivity contribution < 1.29 is 9.79 Å². The van der Waals surface area contributed by atoms with Gasteiger partial charge in [0.25, 0.3) is 0 Å². The normalized spacial score (nSPS) is 12.8. The van der Waals surface area contributed by atoms with E-state index in [2.05, 4.69) is 29.6 Å². The summed E-state index contributed by atoms with van der Waals surface area (Å²) in [6.45, 7) is 0. The Kier molecular flexibility index (Phi) is 7.37. The molecule has 0 saturated heterocycles. The van der Waals surface area contributed by atoms with Gasteiger partial charge in [-0.2, -0.15) is 11.8 Å². The molecule has 0 radical (unpaired) electrons. The maximum absolute atomic E-state index is 9.73. The zero-order valence-corrected chi connectivity index (χ0v) is 14.3. The van der Waals surface area contributed by atoms with Gasteiger partial charge in [0.15, 0.2) is 8.38 Å². The summed E-state index contributed by atoms with van der Waals surface area (Å²) in [5.74, 6) is 0.598. The molecule has 1 unspecified atom stereocenters. The van der Waals surface area contributed by atoms with Crippen molar-refractivity contribution in [1.82, 2.24) is 5.32 Å². The first-order valence-electron chi connectivity index (χ1n) is 7.24. The van der Waals surface area contributed by atoms with Crippen LogP contribution in [-0.2, 0) is 0 Å². The molecular weight excluding hydrogens is 313 g/mol. The van der Waals surface area contributed by atoms with Crippen molar-refractivity contribution in [2.45, 2.75) is 18.2 Å². The summed E-state index contributed by atoms with van der Waals surface area (Å²) in [7, 11) is -2.01. The fourth-order valence-electron chi connectivity index (χ4n) is 2.36. The molecular formula is C17H22NO2PS. The molecule has 0 aliphatic carbocycles. The smallest absolute Gasteiger partial charge is 0.183 e. The largest absolute Gasteiger partial charge is 0.349 e. The lowest BCUT2D eigenvalue weighted by Gasteiger charge is -2.27. The number of nitrogens with one attached hydrogen (secondary N) is 1. The third-order valence-electron chi connectivity index (χ3n) is 3.50. The molecule has 0 amide bonds. The van der Waals surface area contributed by atoms with Crippen LogP contribution < -0.4 is 5.32 Å². The molecule has 3 N–H and O–H groups in total. The van der Waals surface area contributed by atoms with Gasteiger partial charge < -0.3 is 9.79 Å². The quantitative estimate of drug-likeness (QED) is 0.643. The SMILES string of the molecule is CSCCC(NC(c1ccccc1)c1ccccc1)P(O)O. The number of benzene rings is 2. The first-order chi connectivity index (χ1) is 10.7. The summed E-state index contributed by atoms with van der Waals surface area (Å²) >= 11 is 1.71. The monoisotopic (exact) mass is 335 g/mol. The van der Waals surface area contributed by atoms with Crippen LogP contribution in [0.15, 0.2) is 60.7 Å². The predicted octanol–water partition coefficient (Wildman–Crippen LogP) is 3.74. The van der Waals surface area contributed by atoms with Gasteiger partial charge in [-0.05, 0) is 29.6 Å². The molecule has 0 aliphatic rings. The molecule has 3 nitrogen and oxygen atoms in total. The van der Waals surface area contributed by atoms with Crippen molar-refractivity contribution in [3.63, 3.8) is 0 Å². The zero-order chi connectivity index (χ0) is 15.8. The Morgan fingerprint density at radius 3 is 1.86 bits per heavy atom. The molecule has 0 heterocycles. The van der Waals surface area contributed by atoms with Crippen molar-refractivity contribution in [3.05, 3.63) is 71.8 Å². The summed E-state index contributed by atoms with van der Waals surface area (Å²) in [6, 6.07) is 20.2. The minimum Gasteiger partial charge on any atom is -0.349 e. The Bertz CT molecular complexity index is 499. The van der Waals surface area contributed by atoms with Gasteiger partial charge in [0, 0.05) is 0 Å². The molecule has 0 aromatic heterocycles. The van der Waals surface area contributed by atoms with Crippen molar-refractivity contribution in [2.75, 3.05) is 12.0 Å². The van der Waals surface area contributed by atoms with Crippen LogP contribution in [0.4, 0.5) is 0 Å². The summed E-state index contributed by atoms with van der Waals surface area (Å²) in [4.78, 5) is 19.5. The summed E-state index contributed by atoms with van der Waals surface area (Å²) in [6.07, 6.45) is 2.76. The average molecular weight is 335 g/mol. The van der Waals surface area contributed by atoms with Gasteiger partial charge in [0.2, 0.25) is 0 Å². The lowest BCUT2D eigenvalue weighted by atomic mass is 9.98. The fraction of sp³-hybridized carbons (Fsp3) is 0.294. The molecule has 2 aromatic carbocycles. The Hall–Kier alpha value is -0.900. The molecule has 118 valence electrons. The summed E-state index contributed by atoms with van der Waals surface area (Å²) < 4.78 is 0. The van der Waals surface area contributed by atoms with Crippen LogP contribution in [0.1, 0.15) is 23.6 Å². The van der Waals surface area contributed by atoms with Crippen LogP contribution in [0.25, 0.3) is 0 Å². The van der Waals surface area contributed by atoms with E-state index < -0.39 is 8.38 Å². The number of thioether (sulfide) groups is 1. The lowest BCUT2D eigenvalue weighted by Crippen LogP contribution is -2.32. The van der Waals surface area contributed by atoms with Gasteiger partial charge in [-0.25, -0.2) is 0 Å². The summed E-state index contributed by atoms with van der Waals surface area (Å²) in [5.41, 5.74) is 2.25. The molecule has 0 fully saturated rings. The second-order valence-electron chi connectivity index (χ2n) is 5.04. The van der Waals surface area contributed by atoms with Crippen LogP contribution >= 0.6 is 20.1 Å². The molecule has 1 atom stereocenters. The van der Waals surface area contributed by atoms with Gasteiger partial charge in [-0.15, -0.1) is 0 Å². The van der Waals surface area contributed by atoms with E-state index in [1.165, 1.54) is 0 Å². The second kappa shape index (κ2) is 9.29. The van der Waals surface area contributed by atoms with Gasteiger partial charge in [-0.3, -0.25) is 5.32 Å². The Morgan fingerprint density at radius 1 is 0.955 bits per heavy atom. The Morgan fingerprint density at radius 2 is 1.45 bits per heavy atom. The number of rotatable bonds is 8. The Balaban J connectivity index is 2.24. The standard InChI is InChI=1S/C17H22NO2PS/c1-22-13-12-16(21(19)20)18-17(14-8-4-2-5-9-14)15-10-6-3-7-11-15/h2-11,16-20H,12-13H2,1H3. The third kappa shape index (κ3) is 5.08. The highest BCUT2D eigenvalue weighted by Crippen LogP contribution is 2.35. The molecule has 5 heteroatoms. The zero-order valence-electron chi connectivity index (χ0n) is 12.6. The lowest BCUT2D eigenvalue weighted by molar-refractivity contribution is 0.430. The van der Waals surface area contributed by atoms with E-state index in [1.54, 1.807) is 11.8 Å². The first kappa shape index (κ1) is 17.5.